The van der Waals surface area contributed by atoms with Gasteiger partial charge in [0.2, 0.25) is 0 Å². The van der Waals surface area contributed by atoms with E-state index in [1.165, 1.54) is 138 Å². The van der Waals surface area contributed by atoms with Crippen LogP contribution in [0.1, 0.15) is 60.4 Å². The van der Waals surface area contributed by atoms with Gasteiger partial charge in [-0.25, -0.2) is 9.59 Å². The summed E-state index contributed by atoms with van der Waals surface area (Å²) in [5.74, 6) is 0.128. The van der Waals surface area contributed by atoms with Gasteiger partial charge in [0, 0.05) is 61.9 Å². The Balaban J connectivity index is 0.000000118. The summed E-state index contributed by atoms with van der Waals surface area (Å²) in [4.78, 5) is 42.5. The van der Waals surface area contributed by atoms with Crippen LogP contribution in [0.3, 0.4) is 0 Å². The minimum Gasteiger partial charge on any atom is -0.465 e. The number of benzene rings is 12. The molecular formula is C85H74N4O5S4. The second-order valence-electron chi connectivity index (χ2n) is 24.8. The van der Waals surface area contributed by atoms with Gasteiger partial charge >= 0.3 is 12.1 Å². The second-order valence-corrected chi connectivity index (χ2v) is 29.1. The number of carbonyl (C=O) groups excluding carboxylic acids is 2. The first kappa shape index (κ1) is 66.6. The number of nitrogens with zero attached hydrogens (tertiary/aromatic N) is 4. The first-order valence-electron chi connectivity index (χ1n) is 32.4. The summed E-state index contributed by atoms with van der Waals surface area (Å²) < 4.78 is 14.4. The maximum Gasteiger partial charge on any atom is 0.513 e. The van der Waals surface area contributed by atoms with Crippen LogP contribution in [0.5, 0.6) is 5.75 Å². The van der Waals surface area contributed by atoms with Crippen LogP contribution < -0.4 is 24.3 Å². The summed E-state index contributed by atoms with van der Waals surface area (Å²) in [7, 11) is 2.69. The Morgan fingerprint density at radius 3 is 0.755 bits per heavy atom. The molecule has 0 aliphatic carbocycles. The molecule has 0 bridgehead atoms. The topological polar surface area (TPSA) is 74.8 Å². The van der Waals surface area contributed by atoms with Crippen LogP contribution in [0, 0.1) is 62.3 Å². The van der Waals surface area contributed by atoms with E-state index in [0.717, 1.165) is 34.1 Å². The molecule has 4 heterocycles. The van der Waals surface area contributed by atoms with Gasteiger partial charge in [-0.2, -0.15) is 0 Å². The smallest absolute Gasteiger partial charge is 0.465 e. The lowest BCUT2D eigenvalue weighted by Gasteiger charge is -2.33. The van der Waals surface area contributed by atoms with E-state index in [9.17, 15) is 9.59 Å². The zero-order valence-electron chi connectivity index (χ0n) is 56.6. The van der Waals surface area contributed by atoms with Crippen LogP contribution in [0.4, 0.5) is 73.0 Å². The molecule has 0 aromatic heterocycles. The zero-order valence-corrected chi connectivity index (χ0v) is 59.9. The third kappa shape index (κ3) is 14.4. The summed E-state index contributed by atoms with van der Waals surface area (Å²) in [5, 5.41) is 0. The minimum atomic E-state index is -0.723. The number of rotatable bonds is 6. The molecule has 13 heteroatoms. The molecule has 0 saturated heterocycles. The van der Waals surface area contributed by atoms with Crippen molar-refractivity contribution in [1.29, 1.82) is 0 Å². The molecule has 12 aromatic rings. The van der Waals surface area contributed by atoms with Gasteiger partial charge in [0.1, 0.15) is 5.75 Å². The highest BCUT2D eigenvalue weighted by molar-refractivity contribution is 8.00. The Kier molecular flexibility index (Phi) is 19.7. The van der Waals surface area contributed by atoms with Crippen molar-refractivity contribution in [2.24, 2.45) is 0 Å². The van der Waals surface area contributed by atoms with Gasteiger partial charge in [-0.3, -0.25) is 0 Å². The SMILES string of the molecule is COC(=O)Oc1ccc(N2c3ccc(C)cc3Sc3cc(C)ccc32)cc1.COC(=O)c1ccc(N2c3ccc(C)cc3Sc3cc(C)ccc32)cc1.Cc1ccc(N2c3ccc(C)cc3Sc3cc(C)ccc32)cc1.Cc1ccc2c(c1)Sc1cc(C)ccc1N2c1ccccc1. The molecule has 9 nitrogen and oxygen atoms in total. The van der Waals surface area contributed by atoms with Crippen molar-refractivity contribution in [3.05, 3.63) is 304 Å². The zero-order chi connectivity index (χ0) is 68.3. The van der Waals surface area contributed by atoms with Gasteiger partial charge in [0.05, 0.1) is 65.3 Å². The third-order valence-corrected chi connectivity index (χ3v) is 21.4. The molecule has 4 aliphatic rings. The Labute approximate surface area is 592 Å². The highest BCUT2D eigenvalue weighted by atomic mass is 32.2. The summed E-state index contributed by atoms with van der Waals surface area (Å²) in [5.41, 5.74) is 26.1. The highest BCUT2D eigenvalue weighted by Gasteiger charge is 2.30. The monoisotopic (exact) mass is 1360 g/mol. The van der Waals surface area contributed by atoms with E-state index >= 15 is 0 Å². The standard InChI is InChI=1S/C22H19NO3S.C22H19NO2S.C21H19NS.C20H17NS/c1-14-4-10-18-20(12-14)27-21-13-15(2)5-11-19(21)23(18)16-6-8-17(9-7-16)26-22(24)25-3;1-14-4-10-18-20(12-14)26-21-13-15(2)5-11-19(21)23(18)17-8-6-16(7-9-17)22(24)25-3;1-14-4-8-17(9-5-14)22-18-10-6-15(2)12-20(18)23-21-13-16(3)7-11-19(21)22;1-14-8-10-17-19(12-14)22-20-13-15(2)9-11-18(20)21(17)16-6-4-3-5-7-16/h4-13H,1-3H3;4-13H,1-3H3;4-13H,1-3H3;3-13H,1-2H3. The van der Waals surface area contributed by atoms with Crippen LogP contribution in [0.15, 0.2) is 288 Å². The van der Waals surface area contributed by atoms with E-state index in [2.05, 4.69) is 287 Å². The van der Waals surface area contributed by atoms with Crippen LogP contribution in [-0.4, -0.2) is 26.3 Å². The first-order valence-corrected chi connectivity index (χ1v) is 35.7. The lowest BCUT2D eigenvalue weighted by atomic mass is 10.1. The molecule has 0 unspecified atom stereocenters. The van der Waals surface area contributed by atoms with Gasteiger partial charge in [-0.15, -0.1) is 0 Å². The van der Waals surface area contributed by atoms with Gasteiger partial charge in [-0.05, 0) is 277 Å². The normalized spacial score (nSPS) is 12.5. The number of hydrogen-bond donors (Lipinski definition) is 0. The number of esters is 1. The van der Waals surface area contributed by atoms with Gasteiger partial charge in [0.25, 0.3) is 0 Å². The fourth-order valence-electron chi connectivity index (χ4n) is 12.1. The number of anilines is 12. The number of hydrogen-bond acceptors (Lipinski definition) is 13. The van der Waals surface area contributed by atoms with Crippen molar-refractivity contribution < 1.29 is 23.8 Å². The van der Waals surface area contributed by atoms with Gasteiger partial charge in [0.15, 0.2) is 0 Å². The van der Waals surface area contributed by atoms with Crippen LogP contribution >= 0.6 is 47.0 Å². The van der Waals surface area contributed by atoms with Crippen molar-refractivity contribution in [2.45, 2.75) is 101 Å². The Hall–Kier alpha value is -10.0. The van der Waals surface area contributed by atoms with E-state index in [-0.39, 0.29) is 5.97 Å². The van der Waals surface area contributed by atoms with E-state index < -0.39 is 6.16 Å². The molecule has 4 aliphatic heterocycles. The maximum atomic E-state index is 11.7. The Bertz CT molecular complexity index is 4780. The fourth-order valence-corrected chi connectivity index (χ4v) is 17.2. The van der Waals surface area contributed by atoms with E-state index in [1.54, 1.807) is 35.7 Å². The molecular weight excluding hydrogens is 1290 g/mol. The van der Waals surface area contributed by atoms with Gasteiger partial charge in [-0.1, -0.05) is 131 Å². The lowest BCUT2D eigenvalue weighted by molar-refractivity contribution is 0.0600. The molecule has 0 radical (unpaired) electrons. The first-order chi connectivity index (χ1) is 47.4. The number of aryl methyl sites for hydroxylation is 9. The van der Waals surface area contributed by atoms with Crippen molar-refractivity contribution >= 4 is 127 Å². The highest BCUT2D eigenvalue weighted by Crippen LogP contribution is 2.56. The molecule has 0 N–H and O–H groups in total. The van der Waals surface area contributed by atoms with E-state index in [1.807, 2.05) is 59.9 Å². The van der Waals surface area contributed by atoms with Crippen LogP contribution in [-0.2, 0) is 9.47 Å². The molecule has 0 fully saturated rings. The molecule has 488 valence electrons. The van der Waals surface area contributed by atoms with Crippen LogP contribution in [0.2, 0.25) is 0 Å². The third-order valence-electron chi connectivity index (χ3n) is 17.0. The predicted molar refractivity (Wildman–Crippen MR) is 408 cm³/mol. The van der Waals surface area contributed by atoms with Crippen molar-refractivity contribution in [3.63, 3.8) is 0 Å². The fraction of sp³-hybridized carbons (Fsp3) is 0.129. The number of methoxy groups -OCH3 is 2. The van der Waals surface area contributed by atoms with Gasteiger partial charge < -0.3 is 33.8 Å². The van der Waals surface area contributed by atoms with Crippen LogP contribution in [0.25, 0.3) is 0 Å². The average Bonchev–Trinajstić information content (AvgIpc) is 0.778. The molecule has 16 rings (SSSR count). The van der Waals surface area contributed by atoms with Crippen molar-refractivity contribution in [1.82, 2.24) is 0 Å². The molecule has 12 aromatic carbocycles. The molecule has 0 spiro atoms. The largest absolute Gasteiger partial charge is 0.513 e. The van der Waals surface area contributed by atoms with E-state index in [4.69, 9.17) is 9.47 Å². The number of para-hydroxylation sites is 1. The predicted octanol–water partition coefficient (Wildman–Crippen LogP) is 25.2. The summed E-state index contributed by atoms with van der Waals surface area (Å²) in [6, 6.07) is 87.2. The number of ether oxygens (including phenoxy) is 3. The number of carbonyl (C=O) groups is 2. The number of fused-ring (bicyclic) bond motifs is 8. The molecule has 0 atom stereocenters. The molecule has 98 heavy (non-hydrogen) atoms. The van der Waals surface area contributed by atoms with Crippen molar-refractivity contribution in [2.75, 3.05) is 33.8 Å². The van der Waals surface area contributed by atoms with Crippen molar-refractivity contribution in [3.8, 4) is 5.75 Å². The maximum absolute atomic E-state index is 11.7. The lowest BCUT2D eigenvalue weighted by Crippen LogP contribution is -2.15. The second kappa shape index (κ2) is 29.0. The molecule has 0 amide bonds. The quantitative estimate of drug-likeness (QED) is 0.117. The minimum absolute atomic E-state index is 0.321. The van der Waals surface area contributed by atoms with E-state index in [0.29, 0.717) is 11.3 Å². The summed E-state index contributed by atoms with van der Waals surface area (Å²) >= 11 is 7.34. The molecule has 0 saturated carbocycles. The Morgan fingerprint density at radius 1 is 0.265 bits per heavy atom. The summed E-state index contributed by atoms with van der Waals surface area (Å²) in [6.45, 7) is 19.2. The Morgan fingerprint density at radius 2 is 0.500 bits per heavy atom. The summed E-state index contributed by atoms with van der Waals surface area (Å²) in [6.07, 6.45) is -0.723. The average molecular weight is 1360 g/mol.